The van der Waals surface area contributed by atoms with Gasteiger partial charge in [0, 0.05) is 19.5 Å². The van der Waals surface area contributed by atoms with Crippen molar-refractivity contribution in [3.8, 4) is 0 Å². The van der Waals surface area contributed by atoms with Crippen molar-refractivity contribution < 1.29 is 9.59 Å². The van der Waals surface area contributed by atoms with Crippen LogP contribution in [0.15, 0.2) is 0 Å². The first kappa shape index (κ1) is 10.2. The zero-order valence-electron chi connectivity index (χ0n) is 7.39. The molecule has 0 aromatic carbocycles. The van der Waals surface area contributed by atoms with Crippen LogP contribution in [0.25, 0.3) is 0 Å². The highest BCUT2D eigenvalue weighted by molar-refractivity contribution is 6.56. The van der Waals surface area contributed by atoms with Crippen molar-refractivity contribution in [1.29, 1.82) is 0 Å². The number of nitrogens with zero attached hydrogens (tertiary/aromatic N) is 1. The van der Waals surface area contributed by atoms with Gasteiger partial charge in [0.1, 0.15) is 5.78 Å². The van der Waals surface area contributed by atoms with E-state index in [1.165, 1.54) is 14.8 Å². The molecule has 0 aromatic rings. The fourth-order valence-electron chi connectivity index (χ4n) is 0.831. The van der Waals surface area contributed by atoms with Crippen molar-refractivity contribution in [1.82, 2.24) is 4.90 Å². The Morgan fingerprint density at radius 1 is 1.45 bits per heavy atom. The van der Waals surface area contributed by atoms with E-state index in [0.29, 0.717) is 19.5 Å². The van der Waals surface area contributed by atoms with Crippen LogP contribution in [0.2, 0.25) is 0 Å². The summed E-state index contributed by atoms with van der Waals surface area (Å²) in [5.41, 5.74) is 0. The molecule has 0 aliphatic rings. The third-order valence-corrected chi connectivity index (χ3v) is 1.56. The van der Waals surface area contributed by atoms with Crippen molar-refractivity contribution >= 4 is 19.4 Å². The number of hydrogen-bond acceptors (Lipinski definition) is 2. The van der Waals surface area contributed by atoms with E-state index < -0.39 is 0 Å². The van der Waals surface area contributed by atoms with Crippen LogP contribution in [-0.2, 0) is 4.79 Å². The van der Waals surface area contributed by atoms with E-state index in [-0.39, 0.29) is 11.6 Å². The van der Waals surface area contributed by atoms with Gasteiger partial charge in [-0.05, 0) is 13.8 Å². The van der Waals surface area contributed by atoms with E-state index in [2.05, 4.69) is 0 Å². The number of carbonyl (C=O) groups is 2. The van der Waals surface area contributed by atoms with Crippen molar-refractivity contribution in [2.45, 2.75) is 20.3 Å². The van der Waals surface area contributed by atoms with Gasteiger partial charge < -0.3 is 4.90 Å². The van der Waals surface area contributed by atoms with Gasteiger partial charge in [0.25, 0.3) is 0 Å². The number of hydrogen-bond donors (Lipinski definition) is 0. The minimum absolute atomic E-state index is 0.0359. The SMILES string of the molecule is BC(=O)N(CC)CCC(C)=O. The van der Waals surface area contributed by atoms with E-state index in [9.17, 15) is 9.59 Å². The highest BCUT2D eigenvalue weighted by Gasteiger charge is 2.05. The summed E-state index contributed by atoms with van der Waals surface area (Å²) < 4.78 is 0. The minimum atomic E-state index is 0.0359. The second kappa shape index (κ2) is 4.94. The first-order valence-electron chi connectivity index (χ1n) is 3.82. The Bertz CT molecular complexity index is 159. The summed E-state index contributed by atoms with van der Waals surface area (Å²) in [6, 6.07) is 0. The molecule has 0 aliphatic heterocycles. The Hall–Kier alpha value is -0.795. The fraction of sp³-hybridized carbons (Fsp3) is 0.714. The molecule has 0 fully saturated rings. The number of carbonyl (C=O) groups excluding carboxylic acids is 2. The second-order valence-electron chi connectivity index (χ2n) is 2.55. The van der Waals surface area contributed by atoms with Crippen LogP contribution in [0.4, 0.5) is 4.79 Å². The summed E-state index contributed by atoms with van der Waals surface area (Å²) in [6.45, 7) is 4.68. The number of rotatable bonds is 4. The standard InChI is InChI=1S/C7H14BNO2/c1-3-9(7(8)11)5-4-6(2)10/h3-5,8H2,1-2H3. The minimum Gasteiger partial charge on any atom is -0.352 e. The smallest absolute Gasteiger partial charge is 0.215 e. The van der Waals surface area contributed by atoms with E-state index >= 15 is 0 Å². The van der Waals surface area contributed by atoms with Gasteiger partial charge >= 0.3 is 0 Å². The zero-order chi connectivity index (χ0) is 8.85. The van der Waals surface area contributed by atoms with E-state index in [1.54, 1.807) is 4.90 Å². The molecule has 3 nitrogen and oxygen atoms in total. The second-order valence-corrected chi connectivity index (χ2v) is 2.55. The summed E-state index contributed by atoms with van der Waals surface area (Å²) in [6.07, 6.45) is 0.466. The van der Waals surface area contributed by atoms with Gasteiger partial charge in [-0.25, -0.2) is 0 Å². The lowest BCUT2D eigenvalue weighted by Gasteiger charge is -2.17. The maximum Gasteiger partial charge on any atom is 0.215 e. The molecule has 11 heavy (non-hydrogen) atoms. The molecule has 0 aromatic heterocycles. The van der Waals surface area contributed by atoms with Crippen LogP contribution in [0, 0.1) is 0 Å². The molecule has 0 saturated carbocycles. The van der Waals surface area contributed by atoms with Crippen LogP contribution >= 0.6 is 0 Å². The summed E-state index contributed by atoms with van der Waals surface area (Å²) in [5.74, 6) is 0.165. The lowest BCUT2D eigenvalue weighted by atomic mass is 10.1. The first-order chi connectivity index (χ1) is 5.07. The molecule has 0 bridgehead atoms. The van der Waals surface area contributed by atoms with Crippen molar-refractivity contribution in [2.24, 2.45) is 0 Å². The Morgan fingerprint density at radius 2 is 2.00 bits per heavy atom. The van der Waals surface area contributed by atoms with E-state index in [0.717, 1.165) is 0 Å². The van der Waals surface area contributed by atoms with Gasteiger partial charge in [-0.3, -0.25) is 9.59 Å². The van der Waals surface area contributed by atoms with Crippen LogP contribution in [-0.4, -0.2) is 37.4 Å². The molecule has 0 radical (unpaired) electrons. The normalized spacial score (nSPS) is 9.27. The molecule has 1 amide bonds. The molecular formula is C7H14BNO2. The highest BCUT2D eigenvalue weighted by Crippen LogP contribution is 1.92. The number of ketones is 1. The maximum absolute atomic E-state index is 10.8. The molecular weight excluding hydrogens is 141 g/mol. The Morgan fingerprint density at radius 3 is 2.27 bits per heavy atom. The quantitative estimate of drug-likeness (QED) is 0.537. The lowest BCUT2D eigenvalue weighted by molar-refractivity contribution is -0.117. The Labute approximate surface area is 68.2 Å². The highest BCUT2D eigenvalue weighted by atomic mass is 16.2. The van der Waals surface area contributed by atoms with Crippen molar-refractivity contribution in [2.75, 3.05) is 13.1 Å². The molecule has 0 aliphatic carbocycles. The van der Waals surface area contributed by atoms with Crippen LogP contribution in [0.3, 0.4) is 0 Å². The molecule has 0 spiro atoms. The fourth-order valence-corrected chi connectivity index (χ4v) is 0.831. The van der Waals surface area contributed by atoms with Crippen molar-refractivity contribution in [3.05, 3.63) is 0 Å². The maximum atomic E-state index is 10.8. The molecule has 0 rings (SSSR count). The molecule has 0 saturated heterocycles. The van der Waals surface area contributed by atoms with Gasteiger partial charge in [-0.2, -0.15) is 0 Å². The molecule has 62 valence electrons. The first-order valence-corrected chi connectivity index (χ1v) is 3.82. The average molecular weight is 155 g/mol. The topological polar surface area (TPSA) is 37.4 Å². The largest absolute Gasteiger partial charge is 0.352 e. The summed E-state index contributed by atoms with van der Waals surface area (Å²) >= 11 is 0. The van der Waals surface area contributed by atoms with Crippen molar-refractivity contribution in [3.63, 3.8) is 0 Å². The number of amides is 1. The predicted octanol–water partition coefficient (Wildman–Crippen LogP) is 0.0405. The Balaban J connectivity index is 3.70. The van der Waals surface area contributed by atoms with Gasteiger partial charge in [-0.15, -0.1) is 0 Å². The Kier molecular flexibility index (Phi) is 4.58. The predicted molar refractivity (Wildman–Crippen MR) is 46.5 cm³/mol. The van der Waals surface area contributed by atoms with Gasteiger partial charge in [0.15, 0.2) is 5.81 Å². The van der Waals surface area contributed by atoms with Crippen LogP contribution < -0.4 is 0 Å². The van der Waals surface area contributed by atoms with E-state index in [4.69, 9.17) is 0 Å². The molecule has 0 N–H and O–H groups in total. The van der Waals surface area contributed by atoms with Crippen LogP contribution in [0.5, 0.6) is 0 Å². The van der Waals surface area contributed by atoms with Gasteiger partial charge in [0.05, 0.1) is 0 Å². The third-order valence-electron chi connectivity index (χ3n) is 1.56. The molecule has 0 heterocycles. The molecule has 0 unspecified atom stereocenters. The average Bonchev–Trinajstić information content (AvgIpc) is 1.87. The monoisotopic (exact) mass is 155 g/mol. The third kappa shape index (κ3) is 4.59. The zero-order valence-corrected chi connectivity index (χ0v) is 7.39. The van der Waals surface area contributed by atoms with Gasteiger partial charge in [-0.1, -0.05) is 0 Å². The lowest BCUT2D eigenvalue weighted by Crippen LogP contribution is -2.31. The van der Waals surface area contributed by atoms with Crippen LogP contribution in [0.1, 0.15) is 20.3 Å². The summed E-state index contributed by atoms with van der Waals surface area (Å²) in [7, 11) is 1.52. The van der Waals surface area contributed by atoms with E-state index in [1.807, 2.05) is 6.92 Å². The summed E-state index contributed by atoms with van der Waals surface area (Å²) in [4.78, 5) is 23.0. The number of Topliss-reactive ketones (excluding diaryl/α,β-unsaturated/α-hetero) is 1. The summed E-state index contributed by atoms with van der Waals surface area (Å²) in [5, 5.41) is 0. The molecule has 0 atom stereocenters. The molecule has 4 heteroatoms. The van der Waals surface area contributed by atoms with Gasteiger partial charge in [0.2, 0.25) is 7.85 Å².